The fourth-order valence-corrected chi connectivity index (χ4v) is 5.42. The molecule has 4 aromatic rings. The van der Waals surface area contributed by atoms with Gasteiger partial charge in [0.1, 0.15) is 11.9 Å². The summed E-state index contributed by atoms with van der Waals surface area (Å²) in [6.07, 6.45) is 3.22. The minimum atomic E-state index is -3.96. The van der Waals surface area contributed by atoms with E-state index >= 15 is 0 Å². The van der Waals surface area contributed by atoms with Crippen molar-refractivity contribution in [1.82, 2.24) is 4.72 Å². The number of furan rings is 1. The second-order valence-corrected chi connectivity index (χ2v) is 9.93. The molecule has 0 unspecified atom stereocenters. The number of anilines is 1. The number of hydrogen-bond donors (Lipinski definition) is 1. The molecule has 1 aromatic heterocycles. The average Bonchev–Trinajstić information content (AvgIpc) is 3.44. The number of halogens is 2. The smallest absolute Gasteiger partial charge is 0.245 e. The van der Waals surface area contributed by atoms with Gasteiger partial charge in [0.15, 0.2) is 0 Å². The van der Waals surface area contributed by atoms with E-state index in [0.29, 0.717) is 16.0 Å². The van der Waals surface area contributed by atoms with E-state index in [1.54, 1.807) is 36.4 Å². The van der Waals surface area contributed by atoms with Gasteiger partial charge in [0, 0.05) is 17.1 Å². The lowest BCUT2D eigenvalue weighted by atomic mass is 10.1. The van der Waals surface area contributed by atoms with Crippen LogP contribution in [0.5, 0.6) is 0 Å². The van der Waals surface area contributed by atoms with E-state index in [-0.39, 0.29) is 23.5 Å². The van der Waals surface area contributed by atoms with E-state index in [2.05, 4.69) is 4.72 Å². The Morgan fingerprint density at radius 3 is 2.55 bits per heavy atom. The van der Waals surface area contributed by atoms with Gasteiger partial charge < -0.3 is 9.32 Å². The fourth-order valence-electron chi connectivity index (χ4n) is 3.98. The van der Waals surface area contributed by atoms with E-state index in [1.807, 2.05) is 0 Å². The normalized spacial score (nSPS) is 16.6. The number of nitrogens with zero attached hydrogens (tertiary/aromatic N) is 1. The number of nitrogens with one attached hydrogen (secondary N) is 1. The largest absolute Gasteiger partial charge is 0.472 e. The van der Waals surface area contributed by atoms with Crippen LogP contribution in [0.4, 0.5) is 10.1 Å². The van der Waals surface area contributed by atoms with Crippen LogP contribution in [0.3, 0.4) is 0 Å². The van der Waals surface area contributed by atoms with Crippen LogP contribution >= 0.6 is 11.6 Å². The van der Waals surface area contributed by atoms with Crippen molar-refractivity contribution >= 4 is 44.0 Å². The Morgan fingerprint density at radius 1 is 1.00 bits per heavy atom. The SMILES string of the molecule is O=C1[C@@H](NS(=O)(=O)c2ccc3cc(Cl)ccc3c2)CCN1c1ccc(-c2ccoc2)cc1F. The van der Waals surface area contributed by atoms with Crippen molar-refractivity contribution in [3.8, 4) is 11.1 Å². The van der Waals surface area contributed by atoms with Gasteiger partial charge in [0.25, 0.3) is 0 Å². The van der Waals surface area contributed by atoms with Crippen LogP contribution in [0.25, 0.3) is 21.9 Å². The molecule has 6 nitrogen and oxygen atoms in total. The van der Waals surface area contributed by atoms with Gasteiger partial charge in [-0.25, -0.2) is 12.8 Å². The number of hydrogen-bond acceptors (Lipinski definition) is 4. The number of carbonyl (C=O) groups excluding carboxylic acids is 1. The van der Waals surface area contributed by atoms with Gasteiger partial charge in [-0.15, -0.1) is 0 Å². The van der Waals surface area contributed by atoms with Crippen LogP contribution in [-0.4, -0.2) is 26.9 Å². The molecule has 0 saturated carbocycles. The summed E-state index contributed by atoms with van der Waals surface area (Å²) in [6, 6.07) is 15.1. The van der Waals surface area contributed by atoms with Crippen LogP contribution in [-0.2, 0) is 14.8 Å². The second kappa shape index (κ2) is 8.30. The molecule has 1 aliphatic rings. The molecule has 1 N–H and O–H groups in total. The topological polar surface area (TPSA) is 79.6 Å². The maximum Gasteiger partial charge on any atom is 0.245 e. The summed E-state index contributed by atoms with van der Waals surface area (Å²) in [6.45, 7) is 0.199. The summed E-state index contributed by atoms with van der Waals surface area (Å²) in [5.41, 5.74) is 1.44. The van der Waals surface area contributed by atoms with Crippen molar-refractivity contribution in [2.45, 2.75) is 17.4 Å². The van der Waals surface area contributed by atoms with Gasteiger partial charge in [-0.05, 0) is 65.2 Å². The van der Waals surface area contributed by atoms with E-state index < -0.39 is 27.8 Å². The molecule has 2 heterocycles. The summed E-state index contributed by atoms with van der Waals surface area (Å²) in [5, 5.41) is 2.07. The zero-order valence-electron chi connectivity index (χ0n) is 17.2. The second-order valence-electron chi connectivity index (χ2n) is 7.78. The van der Waals surface area contributed by atoms with Gasteiger partial charge in [0.05, 0.1) is 23.1 Å². The molecule has 3 aromatic carbocycles. The fraction of sp³-hybridized carbons (Fsp3) is 0.125. The predicted molar refractivity (Wildman–Crippen MR) is 124 cm³/mol. The molecule has 5 rings (SSSR count). The quantitative estimate of drug-likeness (QED) is 0.433. The average molecular weight is 485 g/mol. The molecule has 0 radical (unpaired) electrons. The number of fused-ring (bicyclic) bond motifs is 1. The molecule has 0 aliphatic carbocycles. The lowest BCUT2D eigenvalue weighted by Gasteiger charge is -2.18. The first-order chi connectivity index (χ1) is 15.8. The Morgan fingerprint density at radius 2 is 1.79 bits per heavy atom. The van der Waals surface area contributed by atoms with Crippen molar-refractivity contribution in [3.05, 3.63) is 84.0 Å². The van der Waals surface area contributed by atoms with E-state index in [9.17, 15) is 17.6 Å². The molecule has 1 fully saturated rings. The zero-order chi connectivity index (χ0) is 23.2. The van der Waals surface area contributed by atoms with Gasteiger partial charge >= 0.3 is 0 Å². The molecular formula is C24H18ClFN2O4S. The molecule has 168 valence electrons. The number of sulfonamides is 1. The van der Waals surface area contributed by atoms with E-state index in [0.717, 1.165) is 10.9 Å². The molecule has 1 amide bonds. The van der Waals surface area contributed by atoms with Crippen molar-refractivity contribution in [2.75, 3.05) is 11.4 Å². The lowest BCUT2D eigenvalue weighted by Crippen LogP contribution is -2.41. The van der Waals surface area contributed by atoms with E-state index in [1.165, 1.54) is 41.7 Å². The third-order valence-electron chi connectivity index (χ3n) is 5.68. The van der Waals surface area contributed by atoms with Gasteiger partial charge in [-0.3, -0.25) is 4.79 Å². The minimum absolute atomic E-state index is 0.0409. The Bertz CT molecular complexity index is 1470. The minimum Gasteiger partial charge on any atom is -0.472 e. The highest BCUT2D eigenvalue weighted by Gasteiger charge is 2.36. The molecule has 9 heteroatoms. The molecule has 0 bridgehead atoms. The summed E-state index contributed by atoms with van der Waals surface area (Å²) >= 11 is 5.98. The molecular weight excluding hydrogens is 467 g/mol. The first-order valence-electron chi connectivity index (χ1n) is 10.2. The van der Waals surface area contributed by atoms with Gasteiger partial charge in [0.2, 0.25) is 15.9 Å². The van der Waals surface area contributed by atoms with Crippen LogP contribution in [0.1, 0.15) is 6.42 Å². The highest BCUT2D eigenvalue weighted by Crippen LogP contribution is 2.30. The summed E-state index contributed by atoms with van der Waals surface area (Å²) in [5.74, 6) is -1.07. The number of benzene rings is 3. The first-order valence-corrected chi connectivity index (χ1v) is 12.0. The van der Waals surface area contributed by atoms with Gasteiger partial charge in [-0.2, -0.15) is 4.72 Å². The maximum absolute atomic E-state index is 14.8. The predicted octanol–water partition coefficient (Wildman–Crippen LogP) is 4.98. The molecule has 0 spiro atoms. The molecule has 1 atom stereocenters. The molecule has 1 saturated heterocycles. The molecule has 1 aliphatic heterocycles. The third-order valence-corrected chi connectivity index (χ3v) is 7.38. The summed E-state index contributed by atoms with van der Waals surface area (Å²) in [4.78, 5) is 14.2. The Labute approximate surface area is 194 Å². The van der Waals surface area contributed by atoms with Crippen molar-refractivity contribution in [2.24, 2.45) is 0 Å². The number of rotatable bonds is 5. The summed E-state index contributed by atoms with van der Waals surface area (Å²) in [7, 11) is -3.96. The number of amides is 1. The Balaban J connectivity index is 1.36. The lowest BCUT2D eigenvalue weighted by molar-refractivity contribution is -0.118. The highest BCUT2D eigenvalue weighted by molar-refractivity contribution is 7.89. The van der Waals surface area contributed by atoms with Crippen LogP contribution in [0, 0.1) is 5.82 Å². The Hall–Kier alpha value is -3.20. The third kappa shape index (κ3) is 4.13. The maximum atomic E-state index is 14.8. The Kier molecular flexibility index (Phi) is 5.44. The van der Waals surface area contributed by atoms with Crippen molar-refractivity contribution < 1.29 is 22.0 Å². The van der Waals surface area contributed by atoms with Crippen LogP contribution in [0.15, 0.2) is 82.5 Å². The molecule has 33 heavy (non-hydrogen) atoms. The monoisotopic (exact) mass is 484 g/mol. The van der Waals surface area contributed by atoms with Gasteiger partial charge in [-0.1, -0.05) is 29.8 Å². The summed E-state index contributed by atoms with van der Waals surface area (Å²) < 4.78 is 48.2. The highest BCUT2D eigenvalue weighted by atomic mass is 35.5. The van der Waals surface area contributed by atoms with Crippen LogP contribution < -0.4 is 9.62 Å². The van der Waals surface area contributed by atoms with E-state index in [4.69, 9.17) is 16.0 Å². The number of carbonyl (C=O) groups is 1. The first kappa shape index (κ1) is 21.6. The van der Waals surface area contributed by atoms with Crippen molar-refractivity contribution in [1.29, 1.82) is 0 Å². The zero-order valence-corrected chi connectivity index (χ0v) is 18.7. The van der Waals surface area contributed by atoms with Crippen LogP contribution in [0.2, 0.25) is 5.02 Å². The van der Waals surface area contributed by atoms with Crippen molar-refractivity contribution in [3.63, 3.8) is 0 Å². The standard InChI is InChI=1S/C24H18ClFN2O4S/c25-19-4-1-16-12-20(5-2-15(16)11-19)33(30,31)27-22-7-9-28(24(22)29)23-6-3-17(13-21(23)26)18-8-10-32-14-18/h1-6,8,10-14,22,27H,7,9H2/t22-/m0/s1.